The fourth-order valence-corrected chi connectivity index (χ4v) is 5.69. The van der Waals surface area contributed by atoms with Crippen LogP contribution in [0.1, 0.15) is 105 Å². The van der Waals surface area contributed by atoms with Gasteiger partial charge < -0.3 is 0 Å². The van der Waals surface area contributed by atoms with Crippen LogP contribution in [0.25, 0.3) is 22.3 Å². The highest BCUT2D eigenvalue weighted by molar-refractivity contribution is 5.72. The van der Waals surface area contributed by atoms with E-state index < -0.39 is 0 Å². The molecule has 4 rings (SSSR count). The highest BCUT2D eigenvalue weighted by Crippen LogP contribution is 2.41. The zero-order valence-electron chi connectivity index (χ0n) is 27.2. The predicted octanol–water partition coefficient (Wildman–Crippen LogP) is 11.9. The molecular weight excluding hydrogens is 480 g/mol. The zero-order chi connectivity index (χ0) is 29.9. The van der Waals surface area contributed by atoms with Gasteiger partial charge in [0.2, 0.25) is 0 Å². The lowest BCUT2D eigenvalue weighted by Gasteiger charge is -2.32. The molecule has 0 heteroatoms. The summed E-state index contributed by atoms with van der Waals surface area (Å²) in [6, 6.07) is 34.9. The van der Waals surface area contributed by atoms with Crippen LogP contribution in [0.2, 0.25) is 0 Å². The standard InChI is InChI=1S/2C20H26/c2*1-19(2,3)17-14-10-13-16(18(17)20(4,5)6)15-11-8-7-9-12-15/h2*7-14H,1-6H3. The van der Waals surface area contributed by atoms with E-state index in [0.29, 0.717) is 0 Å². The zero-order valence-corrected chi connectivity index (χ0v) is 27.2. The summed E-state index contributed by atoms with van der Waals surface area (Å²) in [5.41, 5.74) is 11.8. The van der Waals surface area contributed by atoms with E-state index in [9.17, 15) is 0 Å². The maximum absolute atomic E-state index is 2.31. The minimum absolute atomic E-state index is 0.134. The van der Waals surface area contributed by atoms with Gasteiger partial charge in [0.05, 0.1) is 0 Å². The molecule has 0 aromatic heterocycles. The highest BCUT2D eigenvalue weighted by atomic mass is 14.3. The molecule has 0 aliphatic rings. The first kappa shape index (κ1) is 31.4. The molecule has 40 heavy (non-hydrogen) atoms. The Labute approximate surface area is 245 Å². The molecule has 0 bridgehead atoms. The summed E-state index contributed by atoms with van der Waals surface area (Å²) in [5.74, 6) is 0. The minimum Gasteiger partial charge on any atom is -0.0622 e. The molecule has 0 radical (unpaired) electrons. The van der Waals surface area contributed by atoms with Crippen LogP contribution in [0.3, 0.4) is 0 Å². The van der Waals surface area contributed by atoms with E-state index >= 15 is 0 Å². The normalized spacial score (nSPS) is 12.5. The van der Waals surface area contributed by atoms with Gasteiger partial charge in [-0.15, -0.1) is 0 Å². The van der Waals surface area contributed by atoms with Crippen LogP contribution in [0.15, 0.2) is 97.1 Å². The molecule has 0 fully saturated rings. The van der Waals surface area contributed by atoms with E-state index in [-0.39, 0.29) is 21.7 Å². The van der Waals surface area contributed by atoms with Crippen LogP contribution in [-0.2, 0) is 21.7 Å². The lowest BCUT2D eigenvalue weighted by atomic mass is 9.72. The fourth-order valence-electron chi connectivity index (χ4n) is 5.69. The molecule has 0 saturated heterocycles. The summed E-state index contributed by atoms with van der Waals surface area (Å²) in [6.07, 6.45) is 0. The summed E-state index contributed by atoms with van der Waals surface area (Å²) in [4.78, 5) is 0. The van der Waals surface area contributed by atoms with Crippen molar-refractivity contribution in [2.45, 2.75) is 105 Å². The van der Waals surface area contributed by atoms with Crippen LogP contribution in [0.5, 0.6) is 0 Å². The van der Waals surface area contributed by atoms with Gasteiger partial charge in [-0.25, -0.2) is 0 Å². The van der Waals surface area contributed by atoms with Crippen molar-refractivity contribution in [3.8, 4) is 22.3 Å². The van der Waals surface area contributed by atoms with Crippen molar-refractivity contribution in [3.05, 3.63) is 119 Å². The van der Waals surface area contributed by atoms with Crippen molar-refractivity contribution < 1.29 is 0 Å². The van der Waals surface area contributed by atoms with E-state index in [1.54, 1.807) is 0 Å². The van der Waals surface area contributed by atoms with Gasteiger partial charge in [-0.1, -0.05) is 180 Å². The molecule has 4 aromatic carbocycles. The first-order valence-corrected chi connectivity index (χ1v) is 14.8. The lowest BCUT2D eigenvalue weighted by Crippen LogP contribution is -2.22. The Morgan fingerprint density at radius 3 is 0.850 bits per heavy atom. The molecule has 0 N–H and O–H groups in total. The number of benzene rings is 4. The monoisotopic (exact) mass is 532 g/mol. The lowest BCUT2D eigenvalue weighted by molar-refractivity contribution is 0.531. The first-order chi connectivity index (χ1) is 18.4. The van der Waals surface area contributed by atoms with Crippen molar-refractivity contribution in [3.63, 3.8) is 0 Å². The topological polar surface area (TPSA) is 0 Å². The van der Waals surface area contributed by atoms with Crippen LogP contribution in [0, 0.1) is 0 Å². The predicted molar refractivity (Wildman–Crippen MR) is 179 cm³/mol. The van der Waals surface area contributed by atoms with Crippen LogP contribution >= 0.6 is 0 Å². The quantitative estimate of drug-likeness (QED) is 0.241. The van der Waals surface area contributed by atoms with E-state index in [0.717, 1.165) is 0 Å². The van der Waals surface area contributed by atoms with Crippen molar-refractivity contribution in [1.29, 1.82) is 0 Å². The summed E-state index contributed by atoms with van der Waals surface area (Å²) < 4.78 is 0. The van der Waals surface area contributed by atoms with Crippen LogP contribution < -0.4 is 0 Å². The van der Waals surface area contributed by atoms with Crippen molar-refractivity contribution >= 4 is 0 Å². The molecule has 0 amide bonds. The van der Waals surface area contributed by atoms with Crippen LogP contribution in [-0.4, -0.2) is 0 Å². The minimum atomic E-state index is 0.134. The maximum atomic E-state index is 2.31. The van der Waals surface area contributed by atoms with E-state index in [4.69, 9.17) is 0 Å². The van der Waals surface area contributed by atoms with Gasteiger partial charge >= 0.3 is 0 Å². The fraction of sp³-hybridized carbons (Fsp3) is 0.400. The van der Waals surface area contributed by atoms with Gasteiger partial charge in [0.1, 0.15) is 0 Å². The van der Waals surface area contributed by atoms with Gasteiger partial charge in [-0.05, 0) is 66.2 Å². The maximum Gasteiger partial charge on any atom is -0.0123 e. The second-order valence-corrected chi connectivity index (χ2v) is 15.2. The Bertz CT molecular complexity index is 1270. The number of hydrogen-bond donors (Lipinski definition) is 0. The summed E-state index contributed by atoms with van der Waals surface area (Å²) in [7, 11) is 0. The molecule has 4 aromatic rings. The van der Waals surface area contributed by atoms with Crippen molar-refractivity contribution in [2.75, 3.05) is 0 Å². The van der Waals surface area contributed by atoms with Gasteiger partial charge in [-0.2, -0.15) is 0 Å². The molecule has 0 unspecified atom stereocenters. The second-order valence-electron chi connectivity index (χ2n) is 15.2. The van der Waals surface area contributed by atoms with E-state index in [1.807, 2.05) is 0 Å². The SMILES string of the molecule is CC(C)(C)c1cccc(-c2ccccc2)c1C(C)(C)C.CC(C)(C)c1cccc(-c2ccccc2)c1C(C)(C)C. The molecule has 0 aliphatic carbocycles. The molecule has 0 spiro atoms. The molecule has 0 nitrogen and oxygen atoms in total. The Hall–Kier alpha value is -3.12. The van der Waals surface area contributed by atoms with Crippen molar-refractivity contribution in [2.24, 2.45) is 0 Å². The Morgan fingerprint density at radius 1 is 0.300 bits per heavy atom. The highest BCUT2D eigenvalue weighted by Gasteiger charge is 2.29. The smallest absolute Gasteiger partial charge is 0.0123 e. The molecule has 0 atom stereocenters. The van der Waals surface area contributed by atoms with Gasteiger partial charge in [-0.3, -0.25) is 0 Å². The summed E-state index contributed by atoms with van der Waals surface area (Å²) >= 11 is 0. The van der Waals surface area contributed by atoms with Crippen molar-refractivity contribution in [1.82, 2.24) is 0 Å². The molecule has 0 heterocycles. The third kappa shape index (κ3) is 7.54. The molecule has 0 aliphatic heterocycles. The van der Waals surface area contributed by atoms with E-state index in [1.165, 1.54) is 44.5 Å². The Morgan fingerprint density at radius 2 is 0.600 bits per heavy atom. The Kier molecular flexibility index (Phi) is 9.25. The molecule has 0 saturated carbocycles. The van der Waals surface area contributed by atoms with E-state index in [2.05, 4.69) is 180 Å². The molecule has 212 valence electrons. The van der Waals surface area contributed by atoms with Gasteiger partial charge in [0.25, 0.3) is 0 Å². The number of rotatable bonds is 2. The molecular formula is C40H52. The third-order valence-electron chi connectivity index (χ3n) is 7.41. The average molecular weight is 533 g/mol. The second kappa shape index (κ2) is 11.8. The van der Waals surface area contributed by atoms with Gasteiger partial charge in [0, 0.05) is 0 Å². The largest absolute Gasteiger partial charge is 0.0622 e. The third-order valence-corrected chi connectivity index (χ3v) is 7.41. The first-order valence-electron chi connectivity index (χ1n) is 14.8. The Balaban J connectivity index is 0.000000220. The van der Waals surface area contributed by atoms with Gasteiger partial charge in [0.15, 0.2) is 0 Å². The average Bonchev–Trinajstić information content (AvgIpc) is 2.87. The summed E-state index contributed by atoms with van der Waals surface area (Å²) in [5, 5.41) is 0. The summed E-state index contributed by atoms with van der Waals surface area (Å²) in [6.45, 7) is 27.6. The number of hydrogen-bond acceptors (Lipinski definition) is 0. The van der Waals surface area contributed by atoms with Crippen LogP contribution in [0.4, 0.5) is 0 Å².